The summed E-state index contributed by atoms with van der Waals surface area (Å²) in [5.74, 6) is 0. The van der Waals surface area contributed by atoms with E-state index in [0.29, 0.717) is 0 Å². The monoisotopic (exact) mass is 565 g/mol. The van der Waals surface area contributed by atoms with Gasteiger partial charge in [0.15, 0.2) is 7.05 Å². The van der Waals surface area contributed by atoms with E-state index in [0.717, 1.165) is 24.2 Å². The van der Waals surface area contributed by atoms with Gasteiger partial charge in [-0.1, -0.05) is 119 Å². The van der Waals surface area contributed by atoms with Crippen LogP contribution in [0.3, 0.4) is 0 Å². The summed E-state index contributed by atoms with van der Waals surface area (Å²) in [6.45, 7) is 13.6. The minimum atomic E-state index is 1.04. The molecular formula is C40H57N2+. The van der Waals surface area contributed by atoms with Gasteiger partial charge in [0, 0.05) is 13.0 Å². The SMILES string of the molecule is CCCCCCCCc1cc(N=[N+](C)C(C)=Cc2cc(CC)c(C)c(CCCCCC)c2)cc(C)c1-c1ccccc1. The molecule has 0 bridgehead atoms. The summed E-state index contributed by atoms with van der Waals surface area (Å²) in [4.78, 5) is 0. The first-order valence-corrected chi connectivity index (χ1v) is 16.8. The van der Waals surface area contributed by atoms with E-state index in [1.807, 2.05) is 0 Å². The highest BCUT2D eigenvalue weighted by atomic mass is 15.2. The van der Waals surface area contributed by atoms with Crippen molar-refractivity contribution >= 4 is 11.8 Å². The van der Waals surface area contributed by atoms with Crippen molar-refractivity contribution in [3.8, 4) is 11.1 Å². The molecule has 0 aliphatic heterocycles. The van der Waals surface area contributed by atoms with Gasteiger partial charge in [-0.05, 0) is 108 Å². The number of hydrogen-bond acceptors (Lipinski definition) is 1. The molecule has 0 heterocycles. The Labute approximate surface area is 258 Å². The molecule has 0 amide bonds. The molecule has 0 spiro atoms. The van der Waals surface area contributed by atoms with Crippen LogP contribution in [-0.4, -0.2) is 11.7 Å². The molecule has 2 nitrogen and oxygen atoms in total. The minimum absolute atomic E-state index is 1.04. The summed E-state index contributed by atoms with van der Waals surface area (Å²) in [6.07, 6.45) is 18.7. The van der Waals surface area contributed by atoms with Crippen molar-refractivity contribution in [3.05, 3.63) is 93.7 Å². The molecule has 3 aromatic carbocycles. The maximum absolute atomic E-state index is 5.10. The lowest BCUT2D eigenvalue weighted by atomic mass is 9.91. The van der Waals surface area contributed by atoms with Gasteiger partial charge in [-0.15, -0.1) is 0 Å². The molecule has 3 rings (SSSR count). The highest BCUT2D eigenvalue weighted by Gasteiger charge is 2.14. The summed E-state index contributed by atoms with van der Waals surface area (Å²) in [6, 6.07) is 20.3. The normalized spacial score (nSPS) is 12.3. The van der Waals surface area contributed by atoms with Gasteiger partial charge >= 0.3 is 0 Å². The second-order valence-corrected chi connectivity index (χ2v) is 12.2. The van der Waals surface area contributed by atoms with Gasteiger partial charge in [0.1, 0.15) is 5.69 Å². The van der Waals surface area contributed by atoms with Gasteiger partial charge in [0.05, 0.1) is 0 Å². The van der Waals surface area contributed by atoms with Gasteiger partial charge in [-0.3, -0.25) is 0 Å². The molecule has 0 aliphatic carbocycles. The highest BCUT2D eigenvalue weighted by Crippen LogP contribution is 2.33. The number of allylic oxidation sites excluding steroid dienone is 1. The Morgan fingerprint density at radius 1 is 0.714 bits per heavy atom. The molecule has 0 aromatic heterocycles. The first-order valence-electron chi connectivity index (χ1n) is 16.8. The number of benzene rings is 3. The average Bonchev–Trinajstić information content (AvgIpc) is 2.98. The molecule has 42 heavy (non-hydrogen) atoms. The number of rotatable bonds is 17. The van der Waals surface area contributed by atoms with E-state index < -0.39 is 0 Å². The van der Waals surface area contributed by atoms with Crippen molar-refractivity contribution in [2.45, 2.75) is 125 Å². The fraction of sp³-hybridized carbons (Fsp3) is 0.500. The standard InChI is InChI=1S/C40H57N2/c1-8-11-13-15-16-19-25-38-30-39(26-31(4)40(38)36-22-20-17-21-23-36)41-42(7)32(5)27-34-28-35(10-3)33(6)37(29-34)24-18-14-12-9-2/h17,20-23,26-30H,8-16,18-19,24-25H2,1-7H3/q+1. The third-order valence-electron chi connectivity index (χ3n) is 8.74. The number of hydrogen-bond donors (Lipinski definition) is 0. The molecule has 226 valence electrons. The van der Waals surface area contributed by atoms with Crippen LogP contribution in [-0.2, 0) is 19.3 Å². The molecule has 0 saturated heterocycles. The van der Waals surface area contributed by atoms with Gasteiger partial charge in [-0.25, -0.2) is 0 Å². The Morgan fingerprint density at radius 2 is 1.31 bits per heavy atom. The number of azo groups is 2. The molecule has 0 atom stereocenters. The minimum Gasteiger partial charge on any atom is -0.0909 e. The number of nitrogens with zero attached hydrogens (tertiary/aromatic N) is 2. The van der Waals surface area contributed by atoms with E-state index in [4.69, 9.17) is 5.11 Å². The number of aryl methyl sites for hydroxylation is 4. The zero-order valence-corrected chi connectivity index (χ0v) is 27.9. The maximum atomic E-state index is 5.10. The Bertz CT molecular complexity index is 1310. The smallest absolute Gasteiger partial charge is 0.0909 e. The highest BCUT2D eigenvalue weighted by molar-refractivity contribution is 5.73. The second kappa shape index (κ2) is 17.8. The van der Waals surface area contributed by atoms with Gasteiger partial charge in [0.25, 0.3) is 0 Å². The van der Waals surface area contributed by atoms with Crippen molar-refractivity contribution in [1.82, 2.24) is 0 Å². The lowest BCUT2D eigenvalue weighted by Gasteiger charge is -2.14. The summed E-state index contributed by atoms with van der Waals surface area (Å²) in [5, 5.41) is 5.10. The summed E-state index contributed by atoms with van der Waals surface area (Å²) in [7, 11) is 2.08. The van der Waals surface area contributed by atoms with Crippen molar-refractivity contribution < 1.29 is 4.70 Å². The third-order valence-corrected chi connectivity index (χ3v) is 8.74. The lowest BCUT2D eigenvalue weighted by molar-refractivity contribution is -0.510. The molecule has 3 aromatic rings. The quantitative estimate of drug-likeness (QED) is 0.0878. The summed E-state index contributed by atoms with van der Waals surface area (Å²) in [5.41, 5.74) is 13.4. The van der Waals surface area contributed by atoms with Crippen LogP contribution in [0.5, 0.6) is 0 Å². The Morgan fingerprint density at radius 3 is 1.98 bits per heavy atom. The van der Waals surface area contributed by atoms with E-state index >= 15 is 0 Å². The maximum Gasteiger partial charge on any atom is 0.205 e. The lowest BCUT2D eigenvalue weighted by Crippen LogP contribution is -2.01. The molecule has 0 saturated carbocycles. The van der Waals surface area contributed by atoms with Crippen LogP contribution in [0.25, 0.3) is 17.2 Å². The van der Waals surface area contributed by atoms with E-state index in [1.54, 1.807) is 0 Å². The van der Waals surface area contributed by atoms with Crippen LogP contribution in [0.1, 0.15) is 125 Å². The molecule has 0 unspecified atom stereocenters. The Hall–Kier alpha value is -3.00. The van der Waals surface area contributed by atoms with Crippen LogP contribution in [0.4, 0.5) is 5.69 Å². The topological polar surface area (TPSA) is 15.4 Å². The van der Waals surface area contributed by atoms with E-state index in [-0.39, 0.29) is 0 Å². The zero-order valence-electron chi connectivity index (χ0n) is 27.9. The molecule has 0 fully saturated rings. The van der Waals surface area contributed by atoms with Crippen molar-refractivity contribution in [2.75, 3.05) is 7.05 Å². The van der Waals surface area contributed by atoms with Crippen molar-refractivity contribution in [3.63, 3.8) is 0 Å². The molecule has 0 aliphatic rings. The van der Waals surface area contributed by atoms with E-state index in [9.17, 15) is 0 Å². The Kier molecular flexibility index (Phi) is 14.2. The molecular weight excluding hydrogens is 508 g/mol. The third kappa shape index (κ3) is 10.1. The first kappa shape index (κ1) is 33.5. The summed E-state index contributed by atoms with van der Waals surface area (Å²) < 4.78 is 2.05. The fourth-order valence-electron chi connectivity index (χ4n) is 6.11. The second-order valence-electron chi connectivity index (χ2n) is 12.2. The predicted octanol–water partition coefficient (Wildman–Crippen LogP) is 12.3. The predicted molar refractivity (Wildman–Crippen MR) is 184 cm³/mol. The van der Waals surface area contributed by atoms with Crippen molar-refractivity contribution in [1.29, 1.82) is 0 Å². The van der Waals surface area contributed by atoms with Crippen LogP contribution < -0.4 is 0 Å². The van der Waals surface area contributed by atoms with Crippen LogP contribution in [0, 0.1) is 13.8 Å². The Balaban J connectivity index is 1.88. The fourth-order valence-corrected chi connectivity index (χ4v) is 6.11. The first-order chi connectivity index (χ1) is 20.4. The molecule has 0 N–H and O–H groups in total. The zero-order chi connectivity index (χ0) is 30.3. The van der Waals surface area contributed by atoms with E-state index in [2.05, 4.69) is 114 Å². The van der Waals surface area contributed by atoms with Crippen LogP contribution >= 0.6 is 0 Å². The number of unbranched alkanes of at least 4 members (excludes halogenated alkanes) is 8. The van der Waals surface area contributed by atoms with Gasteiger partial charge in [0.2, 0.25) is 5.70 Å². The van der Waals surface area contributed by atoms with Gasteiger partial charge < -0.3 is 0 Å². The van der Waals surface area contributed by atoms with Gasteiger partial charge in [-0.2, -0.15) is 0 Å². The molecule has 2 heteroatoms. The van der Waals surface area contributed by atoms with Crippen molar-refractivity contribution in [2.24, 2.45) is 5.11 Å². The molecule has 0 radical (unpaired) electrons. The average molecular weight is 566 g/mol. The van der Waals surface area contributed by atoms with Crippen LogP contribution in [0.2, 0.25) is 0 Å². The summed E-state index contributed by atoms with van der Waals surface area (Å²) >= 11 is 0. The largest absolute Gasteiger partial charge is 0.205 e. The van der Waals surface area contributed by atoms with E-state index in [1.165, 1.54) is 115 Å². The van der Waals surface area contributed by atoms with Crippen LogP contribution in [0.15, 0.2) is 65.4 Å².